The lowest BCUT2D eigenvalue weighted by Crippen LogP contribution is -2.07. The van der Waals surface area contributed by atoms with Crippen molar-refractivity contribution in [3.63, 3.8) is 0 Å². The van der Waals surface area contributed by atoms with Gasteiger partial charge in [0.2, 0.25) is 5.88 Å². The zero-order valence-electron chi connectivity index (χ0n) is 10.4. The van der Waals surface area contributed by atoms with Gasteiger partial charge >= 0.3 is 0 Å². The van der Waals surface area contributed by atoms with Crippen molar-refractivity contribution < 1.29 is 9.84 Å². The van der Waals surface area contributed by atoms with Crippen LogP contribution in [-0.2, 0) is 0 Å². The number of fused-ring (bicyclic) bond motifs is 1. The third-order valence-electron chi connectivity index (χ3n) is 3.31. The molecule has 4 nitrogen and oxygen atoms in total. The Morgan fingerprint density at radius 3 is 3.00 bits per heavy atom. The Morgan fingerprint density at radius 1 is 1.37 bits per heavy atom. The molecule has 1 unspecified atom stereocenters. The Balaban J connectivity index is 2.11. The van der Waals surface area contributed by atoms with Crippen LogP contribution in [0.15, 0.2) is 34.8 Å². The molecular formula is C14H13BrN2O2. The Labute approximate surface area is 119 Å². The summed E-state index contributed by atoms with van der Waals surface area (Å²) in [6.07, 6.45) is 0. The van der Waals surface area contributed by atoms with E-state index < -0.39 is 0 Å². The van der Waals surface area contributed by atoms with Crippen LogP contribution in [0.25, 0.3) is 0 Å². The standard InChI is InChI=1S/C14H13BrN2O2/c1-19-12-6-5-11(18)14(17-12)8-7-16-10-4-2-3-9(15)13(8)10/h2-6,8,16,18H,7H2,1H3. The molecular weight excluding hydrogens is 308 g/mol. The van der Waals surface area contributed by atoms with Crippen LogP contribution < -0.4 is 10.1 Å². The Kier molecular flexibility index (Phi) is 3.06. The first-order valence-electron chi connectivity index (χ1n) is 5.97. The molecule has 2 N–H and O–H groups in total. The van der Waals surface area contributed by atoms with Gasteiger partial charge in [-0.1, -0.05) is 22.0 Å². The van der Waals surface area contributed by atoms with E-state index in [-0.39, 0.29) is 11.7 Å². The van der Waals surface area contributed by atoms with Crippen LogP contribution in [0.1, 0.15) is 17.2 Å². The molecule has 3 rings (SSSR count). The first-order valence-corrected chi connectivity index (χ1v) is 6.76. The second kappa shape index (κ2) is 4.74. The summed E-state index contributed by atoms with van der Waals surface area (Å²) < 4.78 is 6.15. The summed E-state index contributed by atoms with van der Waals surface area (Å²) in [5.41, 5.74) is 2.83. The topological polar surface area (TPSA) is 54.4 Å². The van der Waals surface area contributed by atoms with E-state index in [4.69, 9.17) is 4.74 Å². The molecule has 2 aromatic rings. The van der Waals surface area contributed by atoms with E-state index in [0.29, 0.717) is 18.1 Å². The predicted molar refractivity (Wildman–Crippen MR) is 76.9 cm³/mol. The van der Waals surface area contributed by atoms with Crippen LogP contribution in [0.5, 0.6) is 11.6 Å². The summed E-state index contributed by atoms with van der Waals surface area (Å²) in [5.74, 6) is 0.713. The number of halogens is 1. The number of rotatable bonds is 2. The quantitative estimate of drug-likeness (QED) is 0.892. The van der Waals surface area contributed by atoms with Crippen molar-refractivity contribution in [1.82, 2.24) is 4.98 Å². The van der Waals surface area contributed by atoms with E-state index in [1.807, 2.05) is 18.2 Å². The van der Waals surface area contributed by atoms with Crippen LogP contribution in [0, 0.1) is 0 Å². The molecule has 2 heterocycles. The number of methoxy groups -OCH3 is 1. The minimum Gasteiger partial charge on any atom is -0.506 e. The summed E-state index contributed by atoms with van der Waals surface area (Å²) in [5, 5.41) is 13.4. The third-order valence-corrected chi connectivity index (χ3v) is 4.01. The fourth-order valence-corrected chi connectivity index (χ4v) is 3.05. The summed E-state index contributed by atoms with van der Waals surface area (Å²) in [6, 6.07) is 9.28. The molecule has 0 spiro atoms. The van der Waals surface area contributed by atoms with Gasteiger partial charge in [0.05, 0.1) is 18.7 Å². The molecule has 98 valence electrons. The Hall–Kier alpha value is -1.75. The normalized spacial score (nSPS) is 16.8. The van der Waals surface area contributed by atoms with Gasteiger partial charge in [0, 0.05) is 28.3 Å². The highest BCUT2D eigenvalue weighted by molar-refractivity contribution is 9.10. The number of nitrogens with zero attached hydrogens (tertiary/aromatic N) is 1. The van der Waals surface area contributed by atoms with Gasteiger partial charge in [0.15, 0.2) is 0 Å². The SMILES string of the molecule is COc1ccc(O)c(C2CNc3cccc(Br)c32)n1. The second-order valence-corrected chi connectivity index (χ2v) is 5.25. The molecule has 1 aromatic carbocycles. The van der Waals surface area contributed by atoms with Crippen LogP contribution in [0.3, 0.4) is 0 Å². The van der Waals surface area contributed by atoms with Crippen molar-refractivity contribution in [3.8, 4) is 11.6 Å². The maximum Gasteiger partial charge on any atom is 0.213 e. The van der Waals surface area contributed by atoms with Gasteiger partial charge in [-0.3, -0.25) is 0 Å². The monoisotopic (exact) mass is 320 g/mol. The number of hydrogen-bond donors (Lipinski definition) is 2. The maximum atomic E-state index is 10.0. The molecule has 19 heavy (non-hydrogen) atoms. The van der Waals surface area contributed by atoms with Crippen molar-refractivity contribution in [3.05, 3.63) is 46.1 Å². The number of aromatic nitrogens is 1. The molecule has 1 aromatic heterocycles. The number of nitrogens with one attached hydrogen (secondary N) is 1. The molecule has 0 bridgehead atoms. The molecule has 1 aliphatic heterocycles. The maximum absolute atomic E-state index is 10.0. The minimum absolute atomic E-state index is 0.0145. The van der Waals surface area contributed by atoms with E-state index in [1.54, 1.807) is 19.2 Å². The van der Waals surface area contributed by atoms with Gasteiger partial charge in [-0.05, 0) is 18.2 Å². The zero-order chi connectivity index (χ0) is 13.4. The molecule has 0 saturated heterocycles. The van der Waals surface area contributed by atoms with E-state index in [2.05, 4.69) is 26.2 Å². The number of hydrogen-bond acceptors (Lipinski definition) is 4. The molecule has 0 fully saturated rings. The van der Waals surface area contributed by atoms with Crippen molar-refractivity contribution in [2.45, 2.75) is 5.92 Å². The van der Waals surface area contributed by atoms with Crippen LogP contribution in [0.2, 0.25) is 0 Å². The molecule has 1 aliphatic rings. The largest absolute Gasteiger partial charge is 0.506 e. The van der Waals surface area contributed by atoms with Gasteiger partial charge in [-0.25, -0.2) is 4.98 Å². The highest BCUT2D eigenvalue weighted by Gasteiger charge is 2.29. The molecule has 0 radical (unpaired) electrons. The number of aromatic hydroxyl groups is 1. The van der Waals surface area contributed by atoms with Crippen molar-refractivity contribution in [2.75, 3.05) is 19.0 Å². The molecule has 0 saturated carbocycles. The average Bonchev–Trinajstić information content (AvgIpc) is 2.85. The predicted octanol–water partition coefficient (Wildman–Crippen LogP) is 3.12. The molecule has 0 aliphatic carbocycles. The first-order chi connectivity index (χ1) is 9.20. The number of anilines is 1. The Morgan fingerprint density at radius 2 is 2.21 bits per heavy atom. The van der Waals surface area contributed by atoms with Gasteiger partial charge < -0.3 is 15.2 Å². The summed E-state index contributed by atoms with van der Waals surface area (Å²) in [6.45, 7) is 0.714. The van der Waals surface area contributed by atoms with E-state index >= 15 is 0 Å². The van der Waals surface area contributed by atoms with Crippen LogP contribution in [-0.4, -0.2) is 23.7 Å². The number of ether oxygens (including phenoxy) is 1. The van der Waals surface area contributed by atoms with Gasteiger partial charge in [-0.15, -0.1) is 0 Å². The van der Waals surface area contributed by atoms with Crippen molar-refractivity contribution in [2.24, 2.45) is 0 Å². The van der Waals surface area contributed by atoms with E-state index in [9.17, 15) is 5.11 Å². The lowest BCUT2D eigenvalue weighted by atomic mass is 9.96. The highest BCUT2D eigenvalue weighted by Crippen LogP contribution is 2.42. The smallest absolute Gasteiger partial charge is 0.213 e. The zero-order valence-corrected chi connectivity index (χ0v) is 11.9. The minimum atomic E-state index is 0.0145. The summed E-state index contributed by atoms with van der Waals surface area (Å²) >= 11 is 3.56. The fraction of sp³-hybridized carbons (Fsp3) is 0.214. The van der Waals surface area contributed by atoms with E-state index in [1.165, 1.54) is 0 Å². The fourth-order valence-electron chi connectivity index (χ4n) is 2.41. The average molecular weight is 321 g/mol. The lowest BCUT2D eigenvalue weighted by molar-refractivity contribution is 0.390. The molecule has 5 heteroatoms. The van der Waals surface area contributed by atoms with Crippen LogP contribution >= 0.6 is 15.9 Å². The van der Waals surface area contributed by atoms with E-state index in [0.717, 1.165) is 15.7 Å². The van der Waals surface area contributed by atoms with Crippen molar-refractivity contribution in [1.29, 1.82) is 0 Å². The summed E-state index contributed by atoms with van der Waals surface area (Å²) in [4.78, 5) is 4.38. The lowest BCUT2D eigenvalue weighted by Gasteiger charge is -2.13. The number of pyridine rings is 1. The third kappa shape index (κ3) is 2.04. The number of benzene rings is 1. The van der Waals surface area contributed by atoms with Gasteiger partial charge in [0.25, 0.3) is 0 Å². The molecule has 0 amide bonds. The van der Waals surface area contributed by atoms with Crippen molar-refractivity contribution >= 4 is 21.6 Å². The highest BCUT2D eigenvalue weighted by atomic mass is 79.9. The Bertz CT molecular complexity index is 631. The molecule has 1 atom stereocenters. The second-order valence-electron chi connectivity index (χ2n) is 4.39. The van der Waals surface area contributed by atoms with Crippen LogP contribution in [0.4, 0.5) is 5.69 Å². The van der Waals surface area contributed by atoms with Gasteiger partial charge in [-0.2, -0.15) is 0 Å². The van der Waals surface area contributed by atoms with Gasteiger partial charge in [0.1, 0.15) is 5.75 Å². The summed E-state index contributed by atoms with van der Waals surface area (Å²) in [7, 11) is 1.57. The first kappa shape index (κ1) is 12.3.